The predicted octanol–water partition coefficient (Wildman–Crippen LogP) is 4.71. The molecule has 1 aromatic carbocycles. The lowest BCUT2D eigenvalue weighted by Crippen LogP contribution is -2.30. The van der Waals surface area contributed by atoms with Gasteiger partial charge < -0.3 is 5.32 Å². The molecule has 2 atom stereocenters. The molecule has 1 aromatic rings. The van der Waals surface area contributed by atoms with Crippen LogP contribution in [0.25, 0.3) is 0 Å². The molecule has 1 heteroatoms. The van der Waals surface area contributed by atoms with Gasteiger partial charge in [-0.1, -0.05) is 43.9 Å². The van der Waals surface area contributed by atoms with Gasteiger partial charge in [0.25, 0.3) is 0 Å². The molecule has 0 aliphatic heterocycles. The summed E-state index contributed by atoms with van der Waals surface area (Å²) in [4.78, 5) is 0. The minimum Gasteiger partial charge on any atom is -0.314 e. The van der Waals surface area contributed by atoms with Gasteiger partial charge in [0.15, 0.2) is 0 Å². The fraction of sp³-hybridized carbons (Fsp3) is 0.684. The van der Waals surface area contributed by atoms with Gasteiger partial charge in [-0.2, -0.15) is 0 Å². The van der Waals surface area contributed by atoms with Gasteiger partial charge in [0.05, 0.1) is 0 Å². The summed E-state index contributed by atoms with van der Waals surface area (Å²) in [5.41, 5.74) is 5.99. The van der Waals surface area contributed by atoms with Crippen molar-refractivity contribution in [1.29, 1.82) is 0 Å². The lowest BCUT2D eigenvalue weighted by molar-refractivity contribution is 0.388. The fourth-order valence-corrected chi connectivity index (χ4v) is 3.94. The number of aryl methyl sites for hydroxylation is 3. The summed E-state index contributed by atoms with van der Waals surface area (Å²) in [6, 6.07) is 5.44. The first-order chi connectivity index (χ1) is 9.60. The van der Waals surface area contributed by atoms with Gasteiger partial charge in [0.2, 0.25) is 0 Å². The quantitative estimate of drug-likeness (QED) is 0.783. The molecule has 1 nitrogen and oxygen atoms in total. The summed E-state index contributed by atoms with van der Waals surface area (Å²) in [6.07, 6.45) is 8.24. The molecular weight excluding hydrogens is 242 g/mol. The summed E-state index contributed by atoms with van der Waals surface area (Å²) >= 11 is 0. The summed E-state index contributed by atoms with van der Waals surface area (Å²) in [6.45, 7) is 10.1. The smallest absolute Gasteiger partial charge is 0.00696 e. The van der Waals surface area contributed by atoms with Crippen LogP contribution in [0, 0.1) is 26.7 Å². The Bertz CT molecular complexity index is 412. The third-order valence-corrected chi connectivity index (χ3v) is 4.86. The van der Waals surface area contributed by atoms with E-state index in [1.165, 1.54) is 55.2 Å². The maximum Gasteiger partial charge on any atom is 0.00696 e. The number of hydrogen-bond acceptors (Lipinski definition) is 1. The molecule has 20 heavy (non-hydrogen) atoms. The Hall–Kier alpha value is -0.820. The van der Waals surface area contributed by atoms with Gasteiger partial charge in [-0.3, -0.25) is 0 Å². The monoisotopic (exact) mass is 273 g/mol. The zero-order chi connectivity index (χ0) is 14.5. The number of benzene rings is 1. The summed E-state index contributed by atoms with van der Waals surface area (Å²) in [7, 11) is 0. The number of rotatable bonds is 4. The van der Waals surface area contributed by atoms with E-state index >= 15 is 0 Å². The van der Waals surface area contributed by atoms with Crippen molar-refractivity contribution in [2.24, 2.45) is 5.92 Å². The lowest BCUT2D eigenvalue weighted by atomic mass is 9.86. The van der Waals surface area contributed by atoms with E-state index in [2.05, 4.69) is 45.1 Å². The standard InChI is InChI=1S/C19H31N/c1-5-20-18-9-7-6-8-17(12-18)13-19-15(3)10-14(2)11-16(19)4/h10-11,17-18,20H,5-9,12-13H2,1-4H3. The van der Waals surface area contributed by atoms with E-state index in [4.69, 9.17) is 0 Å². The van der Waals surface area contributed by atoms with Crippen LogP contribution >= 0.6 is 0 Å². The molecule has 1 aliphatic carbocycles. The number of hydrogen-bond donors (Lipinski definition) is 1. The van der Waals surface area contributed by atoms with Crippen molar-refractivity contribution in [2.45, 2.75) is 72.3 Å². The normalized spacial score (nSPS) is 23.6. The fourth-order valence-electron chi connectivity index (χ4n) is 3.94. The molecule has 1 saturated carbocycles. The minimum atomic E-state index is 0.749. The summed E-state index contributed by atoms with van der Waals surface area (Å²) in [5, 5.41) is 3.68. The van der Waals surface area contributed by atoms with E-state index in [1.807, 2.05) is 0 Å². The largest absolute Gasteiger partial charge is 0.314 e. The average molecular weight is 273 g/mol. The Balaban J connectivity index is 2.08. The van der Waals surface area contributed by atoms with Gasteiger partial charge in [-0.15, -0.1) is 0 Å². The van der Waals surface area contributed by atoms with Crippen molar-refractivity contribution >= 4 is 0 Å². The highest BCUT2D eigenvalue weighted by Crippen LogP contribution is 2.29. The van der Waals surface area contributed by atoms with E-state index in [9.17, 15) is 0 Å². The third kappa shape index (κ3) is 4.09. The van der Waals surface area contributed by atoms with Crippen LogP contribution in [0.15, 0.2) is 12.1 Å². The second-order valence-corrected chi connectivity index (χ2v) is 6.72. The van der Waals surface area contributed by atoms with Crippen molar-refractivity contribution in [2.75, 3.05) is 6.54 Å². The lowest BCUT2D eigenvalue weighted by Gasteiger charge is -2.22. The molecule has 1 fully saturated rings. The van der Waals surface area contributed by atoms with Crippen molar-refractivity contribution < 1.29 is 0 Å². The molecule has 112 valence electrons. The first-order valence-electron chi connectivity index (χ1n) is 8.40. The van der Waals surface area contributed by atoms with E-state index in [0.717, 1.165) is 18.5 Å². The highest BCUT2D eigenvalue weighted by atomic mass is 14.9. The van der Waals surface area contributed by atoms with Crippen LogP contribution < -0.4 is 5.32 Å². The van der Waals surface area contributed by atoms with Crippen LogP contribution in [0.4, 0.5) is 0 Å². The Kier molecular flexibility index (Phi) is 5.65. The van der Waals surface area contributed by atoms with Gasteiger partial charge in [-0.05, 0) is 69.2 Å². The molecule has 0 bridgehead atoms. The third-order valence-electron chi connectivity index (χ3n) is 4.86. The number of nitrogens with one attached hydrogen (secondary N) is 1. The topological polar surface area (TPSA) is 12.0 Å². The van der Waals surface area contributed by atoms with Gasteiger partial charge >= 0.3 is 0 Å². The molecule has 2 unspecified atom stereocenters. The Morgan fingerprint density at radius 2 is 1.70 bits per heavy atom. The van der Waals surface area contributed by atoms with Gasteiger partial charge in [0.1, 0.15) is 0 Å². The van der Waals surface area contributed by atoms with Crippen LogP contribution in [-0.2, 0) is 6.42 Å². The van der Waals surface area contributed by atoms with Crippen LogP contribution in [0.3, 0.4) is 0 Å². The van der Waals surface area contributed by atoms with Crippen LogP contribution in [-0.4, -0.2) is 12.6 Å². The van der Waals surface area contributed by atoms with Crippen molar-refractivity contribution in [3.63, 3.8) is 0 Å². The minimum absolute atomic E-state index is 0.749. The summed E-state index contributed by atoms with van der Waals surface area (Å²) in [5.74, 6) is 0.863. The highest BCUT2D eigenvalue weighted by Gasteiger charge is 2.21. The second kappa shape index (κ2) is 7.26. The molecule has 1 aliphatic rings. The summed E-state index contributed by atoms with van der Waals surface area (Å²) < 4.78 is 0. The van der Waals surface area contributed by atoms with Gasteiger partial charge in [0, 0.05) is 6.04 Å². The second-order valence-electron chi connectivity index (χ2n) is 6.72. The molecule has 0 heterocycles. The predicted molar refractivity (Wildman–Crippen MR) is 88.4 cm³/mol. The molecule has 0 aromatic heterocycles. The van der Waals surface area contributed by atoms with Crippen LogP contribution in [0.2, 0.25) is 0 Å². The van der Waals surface area contributed by atoms with E-state index in [1.54, 1.807) is 5.56 Å². The van der Waals surface area contributed by atoms with Crippen molar-refractivity contribution in [1.82, 2.24) is 5.32 Å². The molecule has 0 saturated heterocycles. The first-order valence-corrected chi connectivity index (χ1v) is 8.40. The Morgan fingerprint density at radius 1 is 1.05 bits per heavy atom. The van der Waals surface area contributed by atoms with E-state index in [-0.39, 0.29) is 0 Å². The SMILES string of the molecule is CCNC1CCCCC(Cc2c(C)cc(C)cc2C)C1. The van der Waals surface area contributed by atoms with E-state index in [0.29, 0.717) is 0 Å². The first kappa shape index (κ1) is 15.6. The Labute approximate surface area is 125 Å². The van der Waals surface area contributed by atoms with E-state index < -0.39 is 0 Å². The molecule has 1 N–H and O–H groups in total. The Morgan fingerprint density at radius 3 is 2.35 bits per heavy atom. The van der Waals surface area contributed by atoms with Crippen molar-refractivity contribution in [3.8, 4) is 0 Å². The molecule has 2 rings (SSSR count). The maximum atomic E-state index is 3.68. The van der Waals surface area contributed by atoms with Crippen LogP contribution in [0.1, 0.15) is 61.3 Å². The average Bonchev–Trinajstić information content (AvgIpc) is 2.59. The van der Waals surface area contributed by atoms with Crippen LogP contribution in [0.5, 0.6) is 0 Å². The molecular formula is C19H31N. The van der Waals surface area contributed by atoms with Crippen molar-refractivity contribution in [3.05, 3.63) is 34.4 Å². The highest BCUT2D eigenvalue weighted by molar-refractivity contribution is 5.37. The zero-order valence-corrected chi connectivity index (χ0v) is 13.8. The zero-order valence-electron chi connectivity index (χ0n) is 13.8. The molecule has 0 radical (unpaired) electrons. The van der Waals surface area contributed by atoms with Gasteiger partial charge in [-0.25, -0.2) is 0 Å². The maximum absolute atomic E-state index is 3.68. The molecule has 0 spiro atoms. The molecule has 0 amide bonds.